The topological polar surface area (TPSA) is 71.3 Å². The van der Waals surface area contributed by atoms with Crippen molar-refractivity contribution in [3.63, 3.8) is 0 Å². The largest absolute Gasteiger partial charge is 0.467 e. The van der Waals surface area contributed by atoms with Gasteiger partial charge in [-0.2, -0.15) is 0 Å². The second kappa shape index (κ2) is 5.43. The smallest absolute Gasteiger partial charge is 0.319 e. The van der Waals surface area contributed by atoms with Gasteiger partial charge in [0.2, 0.25) is 0 Å². The molecular formula is C18H16N2O3. The van der Waals surface area contributed by atoms with E-state index in [0.29, 0.717) is 17.9 Å². The molecule has 0 spiro atoms. The molecule has 2 N–H and O–H groups in total. The summed E-state index contributed by atoms with van der Waals surface area (Å²) in [5.41, 5.74) is 1.74. The number of benzene rings is 1. The summed E-state index contributed by atoms with van der Waals surface area (Å²) in [6.45, 7) is 0. The van der Waals surface area contributed by atoms with Crippen LogP contribution in [0, 0.1) is 5.92 Å². The maximum absolute atomic E-state index is 12.8. The number of carbonyl (C=O) groups excluding carboxylic acids is 2. The third-order valence-electron chi connectivity index (χ3n) is 4.44. The number of allylic oxidation sites excluding steroid dienone is 1. The molecule has 0 unspecified atom stereocenters. The van der Waals surface area contributed by atoms with E-state index in [0.717, 1.165) is 5.56 Å². The van der Waals surface area contributed by atoms with Gasteiger partial charge in [-0.1, -0.05) is 36.4 Å². The van der Waals surface area contributed by atoms with E-state index in [1.807, 2.05) is 36.4 Å². The fourth-order valence-electron chi connectivity index (χ4n) is 3.39. The van der Waals surface area contributed by atoms with Crippen LogP contribution in [-0.2, 0) is 4.79 Å². The van der Waals surface area contributed by atoms with Crippen LogP contribution in [0.2, 0.25) is 0 Å². The van der Waals surface area contributed by atoms with Crippen molar-refractivity contribution >= 4 is 11.8 Å². The highest BCUT2D eigenvalue weighted by molar-refractivity contribution is 5.91. The highest BCUT2D eigenvalue weighted by atomic mass is 16.3. The Morgan fingerprint density at radius 1 is 1.04 bits per heavy atom. The van der Waals surface area contributed by atoms with Crippen molar-refractivity contribution in [3.05, 3.63) is 71.8 Å². The van der Waals surface area contributed by atoms with Gasteiger partial charge in [-0.15, -0.1) is 0 Å². The minimum absolute atomic E-state index is 0.00870. The second-order valence-electron chi connectivity index (χ2n) is 5.88. The van der Waals surface area contributed by atoms with Crippen LogP contribution in [0.15, 0.2) is 64.9 Å². The summed E-state index contributed by atoms with van der Waals surface area (Å²) in [7, 11) is 0. The van der Waals surface area contributed by atoms with Gasteiger partial charge in [0.25, 0.3) is 0 Å². The molecule has 1 fully saturated rings. The number of fused-ring (bicyclic) bond motifs is 1. The Morgan fingerprint density at radius 2 is 1.87 bits per heavy atom. The van der Waals surface area contributed by atoms with Gasteiger partial charge in [0.05, 0.1) is 12.2 Å². The van der Waals surface area contributed by atoms with Crippen molar-refractivity contribution in [2.75, 3.05) is 0 Å². The van der Waals surface area contributed by atoms with E-state index in [-0.39, 0.29) is 17.7 Å². The number of nitrogens with one attached hydrogen (secondary N) is 2. The van der Waals surface area contributed by atoms with Crippen LogP contribution in [0.25, 0.3) is 0 Å². The molecule has 1 aromatic heterocycles. The van der Waals surface area contributed by atoms with Crippen molar-refractivity contribution in [2.45, 2.75) is 18.4 Å². The number of ketones is 1. The Balaban J connectivity index is 1.72. The lowest BCUT2D eigenvalue weighted by atomic mass is 9.76. The first-order valence-electron chi connectivity index (χ1n) is 7.62. The van der Waals surface area contributed by atoms with E-state index in [1.54, 1.807) is 18.4 Å². The summed E-state index contributed by atoms with van der Waals surface area (Å²) < 4.78 is 5.41. The standard InChI is InChI=1S/C18H16N2O3/c21-14-10-12(11-5-2-1-3-6-11)9-13-16(14)17(20-18(22)19-13)15-7-4-8-23-15/h1-9,12,16-17H,10H2,(H2,19,20,22)/t12-,16-,17+/m0/s1. The van der Waals surface area contributed by atoms with Gasteiger partial charge < -0.3 is 15.1 Å². The van der Waals surface area contributed by atoms with E-state index >= 15 is 0 Å². The van der Waals surface area contributed by atoms with Crippen molar-refractivity contribution in [1.82, 2.24) is 10.6 Å². The van der Waals surface area contributed by atoms with Crippen LogP contribution in [0.4, 0.5) is 4.79 Å². The number of hydrogen-bond donors (Lipinski definition) is 2. The van der Waals surface area contributed by atoms with Crippen molar-refractivity contribution in [1.29, 1.82) is 0 Å². The average Bonchev–Trinajstić information content (AvgIpc) is 3.09. The molecule has 0 radical (unpaired) electrons. The van der Waals surface area contributed by atoms with Crippen molar-refractivity contribution < 1.29 is 14.0 Å². The molecule has 3 atom stereocenters. The van der Waals surface area contributed by atoms with Gasteiger partial charge in [0, 0.05) is 18.0 Å². The van der Waals surface area contributed by atoms with Crippen LogP contribution in [0.5, 0.6) is 0 Å². The highest BCUT2D eigenvalue weighted by Gasteiger charge is 2.42. The summed E-state index contributed by atoms with van der Waals surface area (Å²) in [6, 6.07) is 12.6. The highest BCUT2D eigenvalue weighted by Crippen LogP contribution is 2.39. The Labute approximate surface area is 133 Å². The molecule has 1 aliphatic heterocycles. The zero-order chi connectivity index (χ0) is 15.8. The van der Waals surface area contributed by atoms with Gasteiger partial charge >= 0.3 is 6.03 Å². The number of amides is 2. The molecule has 2 heterocycles. The van der Waals surface area contributed by atoms with Crippen molar-refractivity contribution in [3.8, 4) is 0 Å². The monoisotopic (exact) mass is 308 g/mol. The van der Waals surface area contributed by atoms with E-state index in [4.69, 9.17) is 4.42 Å². The zero-order valence-electron chi connectivity index (χ0n) is 12.4. The predicted octanol–water partition coefficient (Wildman–Crippen LogP) is 2.89. The SMILES string of the molecule is O=C1NC2=C[C@H](c3ccccc3)CC(=O)[C@H]2[C@@H](c2ccco2)N1. The molecule has 2 amide bonds. The molecule has 1 saturated heterocycles. The van der Waals surface area contributed by atoms with Crippen LogP contribution in [0.3, 0.4) is 0 Å². The van der Waals surface area contributed by atoms with Gasteiger partial charge in [0.1, 0.15) is 17.6 Å². The third-order valence-corrected chi connectivity index (χ3v) is 4.44. The number of Topliss-reactive ketones (excluding diaryl/α,β-unsaturated/α-hetero) is 1. The normalized spacial score (nSPS) is 26.8. The maximum atomic E-state index is 12.8. The molecule has 0 saturated carbocycles. The van der Waals surface area contributed by atoms with Gasteiger partial charge in [-0.3, -0.25) is 4.79 Å². The number of rotatable bonds is 2. The van der Waals surface area contributed by atoms with E-state index in [9.17, 15) is 9.59 Å². The first-order chi connectivity index (χ1) is 11.2. The number of urea groups is 1. The quantitative estimate of drug-likeness (QED) is 0.896. The molecule has 4 rings (SSSR count). The molecular weight excluding hydrogens is 292 g/mol. The summed E-state index contributed by atoms with van der Waals surface area (Å²) in [5.74, 6) is 0.275. The average molecular weight is 308 g/mol. The minimum atomic E-state index is -0.450. The number of hydrogen-bond acceptors (Lipinski definition) is 3. The van der Waals surface area contributed by atoms with Crippen molar-refractivity contribution in [2.24, 2.45) is 5.92 Å². The second-order valence-corrected chi connectivity index (χ2v) is 5.88. The Kier molecular flexibility index (Phi) is 3.26. The molecule has 1 aliphatic carbocycles. The fourth-order valence-corrected chi connectivity index (χ4v) is 3.39. The summed E-state index contributed by atoms with van der Waals surface area (Å²) in [6.07, 6.45) is 3.97. The van der Waals surface area contributed by atoms with Crippen LogP contribution in [0.1, 0.15) is 29.7 Å². The molecule has 2 aromatic rings. The van der Waals surface area contributed by atoms with E-state index < -0.39 is 12.0 Å². The molecule has 0 bridgehead atoms. The number of furan rings is 1. The third kappa shape index (κ3) is 2.44. The van der Waals surface area contributed by atoms with Gasteiger partial charge in [0.15, 0.2) is 0 Å². The lowest BCUT2D eigenvalue weighted by Gasteiger charge is -2.37. The summed E-state index contributed by atoms with van der Waals surface area (Å²) in [4.78, 5) is 24.7. The first kappa shape index (κ1) is 13.8. The van der Waals surface area contributed by atoms with Crippen LogP contribution < -0.4 is 10.6 Å². The molecule has 116 valence electrons. The maximum Gasteiger partial charge on any atom is 0.319 e. The first-order valence-corrected chi connectivity index (χ1v) is 7.62. The molecule has 2 aliphatic rings. The van der Waals surface area contributed by atoms with Gasteiger partial charge in [-0.05, 0) is 17.7 Å². The van der Waals surface area contributed by atoms with Crippen LogP contribution in [-0.4, -0.2) is 11.8 Å². The Hall–Kier alpha value is -2.82. The Bertz CT molecular complexity index is 765. The van der Waals surface area contributed by atoms with E-state index in [1.165, 1.54) is 0 Å². The fraction of sp³-hybridized carbons (Fsp3) is 0.222. The predicted molar refractivity (Wildman–Crippen MR) is 83.5 cm³/mol. The number of carbonyl (C=O) groups is 2. The molecule has 5 heteroatoms. The minimum Gasteiger partial charge on any atom is -0.467 e. The molecule has 5 nitrogen and oxygen atoms in total. The summed E-state index contributed by atoms with van der Waals surface area (Å²) in [5, 5.41) is 5.59. The van der Waals surface area contributed by atoms with Gasteiger partial charge in [-0.25, -0.2) is 4.79 Å². The lowest BCUT2D eigenvalue weighted by molar-refractivity contribution is -0.123. The Morgan fingerprint density at radius 3 is 2.61 bits per heavy atom. The molecule has 23 heavy (non-hydrogen) atoms. The molecule has 1 aromatic carbocycles. The lowest BCUT2D eigenvalue weighted by Crippen LogP contribution is -2.52. The van der Waals surface area contributed by atoms with E-state index in [2.05, 4.69) is 10.6 Å². The van der Waals surface area contributed by atoms with Crippen LogP contribution >= 0.6 is 0 Å². The summed E-state index contributed by atoms with van der Waals surface area (Å²) >= 11 is 0. The zero-order valence-corrected chi connectivity index (χ0v) is 12.4.